The summed E-state index contributed by atoms with van der Waals surface area (Å²) in [6.07, 6.45) is 6.52. The summed E-state index contributed by atoms with van der Waals surface area (Å²) in [5.41, 5.74) is 1.65. The number of carbonyl (C=O) groups is 2. The summed E-state index contributed by atoms with van der Waals surface area (Å²) in [5, 5.41) is 10.4. The van der Waals surface area contributed by atoms with Crippen LogP contribution in [0.4, 0.5) is 4.79 Å². The van der Waals surface area contributed by atoms with Gasteiger partial charge < -0.3 is 14.6 Å². The molecule has 1 aliphatic heterocycles. The maximum absolute atomic E-state index is 12.7. The highest BCUT2D eigenvalue weighted by Crippen LogP contribution is 2.26. The predicted octanol–water partition coefficient (Wildman–Crippen LogP) is 2.09. The van der Waals surface area contributed by atoms with Crippen LogP contribution in [0.3, 0.4) is 0 Å². The molecule has 0 spiro atoms. The number of amides is 1. The molecule has 1 N–H and O–H groups in total. The molecule has 1 fully saturated rings. The molecular formula is C22H24NO6+. The smallest absolute Gasteiger partial charge is 0.410 e. The number of hydrogen-bond acceptors (Lipinski definition) is 5. The van der Waals surface area contributed by atoms with Crippen LogP contribution in [-0.4, -0.2) is 59.8 Å². The average Bonchev–Trinajstić information content (AvgIpc) is 3.02. The fraction of sp³-hybridized carbons (Fsp3) is 0.318. The number of aliphatic hydroxyl groups is 1. The third-order valence-corrected chi connectivity index (χ3v) is 4.68. The van der Waals surface area contributed by atoms with Crippen LogP contribution in [-0.2, 0) is 25.3 Å². The van der Waals surface area contributed by atoms with Crippen LogP contribution in [0.15, 0.2) is 66.3 Å². The van der Waals surface area contributed by atoms with Crippen molar-refractivity contribution in [2.24, 2.45) is 0 Å². The summed E-state index contributed by atoms with van der Waals surface area (Å²) in [5.74, 6) is 0.172. The SMILES string of the molecule is C[O+]=C1C=CC(=C[C@@H]2[C@H](OC(C)=O)[C@@H](O)CN2C(=O)OCc2ccccc2)C=C1. The van der Waals surface area contributed by atoms with Gasteiger partial charge in [-0.15, -0.1) is 0 Å². The standard InChI is InChI=1S/C22H24NO6/c1-15(24)29-21-19(12-16-8-10-18(27-2)11-9-16)23(13-20(21)25)22(26)28-14-17-6-4-3-5-7-17/h3-12,19-21,25H,13-14H2,1-2H3/q+1/t19-,20+,21+/m1/s1. The van der Waals surface area contributed by atoms with Crippen LogP contribution in [0.2, 0.25) is 0 Å². The number of hydrogen-bond donors (Lipinski definition) is 1. The van der Waals surface area contributed by atoms with Crippen molar-refractivity contribution < 1.29 is 28.6 Å². The van der Waals surface area contributed by atoms with E-state index in [4.69, 9.17) is 13.9 Å². The summed E-state index contributed by atoms with van der Waals surface area (Å²) in [6, 6.07) is 8.65. The number of allylic oxidation sites excluding steroid dienone is 5. The Morgan fingerprint density at radius 1 is 1.21 bits per heavy atom. The van der Waals surface area contributed by atoms with Crippen LogP contribution < -0.4 is 0 Å². The highest BCUT2D eigenvalue weighted by atomic mass is 16.6. The van der Waals surface area contributed by atoms with E-state index in [1.54, 1.807) is 25.3 Å². The minimum absolute atomic E-state index is 0.00287. The van der Waals surface area contributed by atoms with Gasteiger partial charge in [0, 0.05) is 19.1 Å². The summed E-state index contributed by atoms with van der Waals surface area (Å²) in [7, 11) is 1.58. The molecule has 1 aliphatic carbocycles. The number of aliphatic hydroxyl groups excluding tert-OH is 1. The summed E-state index contributed by atoms with van der Waals surface area (Å²) in [4.78, 5) is 25.6. The molecule has 3 rings (SSSR count). The van der Waals surface area contributed by atoms with E-state index in [9.17, 15) is 14.7 Å². The Hall–Kier alpha value is -3.19. The van der Waals surface area contributed by atoms with Crippen LogP contribution in [0, 0.1) is 0 Å². The lowest BCUT2D eigenvalue weighted by molar-refractivity contribution is -0.417. The second-order valence-electron chi connectivity index (χ2n) is 6.76. The van der Waals surface area contributed by atoms with Gasteiger partial charge >= 0.3 is 17.8 Å². The molecule has 3 atom stereocenters. The molecule has 1 saturated heterocycles. The van der Waals surface area contributed by atoms with Gasteiger partial charge in [0.1, 0.15) is 12.7 Å². The molecule has 1 aromatic rings. The topological polar surface area (TPSA) is 87.4 Å². The van der Waals surface area contributed by atoms with E-state index in [1.165, 1.54) is 11.8 Å². The molecule has 7 heteroatoms. The van der Waals surface area contributed by atoms with Crippen molar-refractivity contribution in [3.05, 3.63) is 71.8 Å². The summed E-state index contributed by atoms with van der Waals surface area (Å²) in [6.45, 7) is 1.39. The molecule has 0 radical (unpaired) electrons. The van der Waals surface area contributed by atoms with Crippen molar-refractivity contribution in [3.8, 4) is 0 Å². The molecule has 0 aromatic heterocycles. The van der Waals surface area contributed by atoms with E-state index >= 15 is 0 Å². The van der Waals surface area contributed by atoms with Crippen LogP contribution in [0.1, 0.15) is 12.5 Å². The number of esters is 1. The van der Waals surface area contributed by atoms with E-state index in [0.717, 1.165) is 11.1 Å². The number of β-amino-alcohol motifs (C(OH)–C–C–N with tert-alkyl or cyclic N) is 1. The van der Waals surface area contributed by atoms with Crippen molar-refractivity contribution in [1.29, 1.82) is 0 Å². The van der Waals surface area contributed by atoms with Gasteiger partial charge in [0.25, 0.3) is 7.11 Å². The third-order valence-electron chi connectivity index (χ3n) is 4.68. The monoisotopic (exact) mass is 398 g/mol. The van der Waals surface area contributed by atoms with Crippen LogP contribution in [0.25, 0.3) is 0 Å². The maximum atomic E-state index is 12.7. The van der Waals surface area contributed by atoms with Gasteiger partial charge in [-0.25, -0.2) is 4.79 Å². The quantitative estimate of drug-likeness (QED) is 0.620. The first-order valence-corrected chi connectivity index (χ1v) is 9.29. The maximum Gasteiger partial charge on any atom is 0.410 e. The number of benzene rings is 1. The Bertz CT molecular complexity index is 853. The number of carbonyl (C=O) groups excluding carboxylic acids is 3. The Morgan fingerprint density at radius 2 is 1.90 bits per heavy atom. The lowest BCUT2D eigenvalue weighted by Crippen LogP contribution is -2.40. The highest BCUT2D eigenvalue weighted by Gasteiger charge is 2.45. The Kier molecular flexibility index (Phi) is 6.61. The van der Waals surface area contributed by atoms with E-state index in [2.05, 4.69) is 0 Å². The molecule has 7 nitrogen and oxygen atoms in total. The van der Waals surface area contributed by atoms with E-state index in [1.807, 2.05) is 42.5 Å². The number of ether oxygens (including phenoxy) is 2. The fourth-order valence-corrected chi connectivity index (χ4v) is 3.27. The highest BCUT2D eigenvalue weighted by molar-refractivity contribution is 6.01. The Labute approximate surface area is 169 Å². The van der Waals surface area contributed by atoms with Crippen LogP contribution in [0.5, 0.6) is 0 Å². The van der Waals surface area contributed by atoms with Gasteiger partial charge in [-0.1, -0.05) is 36.4 Å². The second-order valence-corrected chi connectivity index (χ2v) is 6.76. The molecule has 1 amide bonds. The Morgan fingerprint density at radius 3 is 2.52 bits per heavy atom. The van der Waals surface area contributed by atoms with Crippen molar-refractivity contribution in [1.82, 2.24) is 4.90 Å². The number of ketones is 1. The molecule has 2 aliphatic rings. The largest absolute Gasteiger partial charge is 0.457 e. The first kappa shape index (κ1) is 20.5. The third kappa shape index (κ3) is 5.20. The molecule has 0 bridgehead atoms. The second kappa shape index (κ2) is 9.34. The van der Waals surface area contributed by atoms with Gasteiger partial charge in [-0.3, -0.25) is 14.1 Å². The van der Waals surface area contributed by atoms with Crippen LogP contribution >= 0.6 is 0 Å². The first-order valence-electron chi connectivity index (χ1n) is 9.29. The van der Waals surface area contributed by atoms with Gasteiger partial charge in [-0.05, 0) is 23.3 Å². The summed E-state index contributed by atoms with van der Waals surface area (Å²) >= 11 is 0. The lowest BCUT2D eigenvalue weighted by Gasteiger charge is -2.25. The molecule has 1 aromatic carbocycles. The van der Waals surface area contributed by atoms with Crippen molar-refractivity contribution in [2.75, 3.05) is 13.7 Å². The van der Waals surface area contributed by atoms with Gasteiger partial charge in [0.05, 0.1) is 12.6 Å². The van der Waals surface area contributed by atoms with Gasteiger partial charge in [-0.2, -0.15) is 0 Å². The van der Waals surface area contributed by atoms with Gasteiger partial charge in [0.15, 0.2) is 6.10 Å². The number of rotatable bonds is 4. The first-order chi connectivity index (χ1) is 14.0. The van der Waals surface area contributed by atoms with Crippen molar-refractivity contribution in [2.45, 2.75) is 31.8 Å². The lowest BCUT2D eigenvalue weighted by atomic mass is 10.0. The molecule has 29 heavy (non-hydrogen) atoms. The van der Waals surface area contributed by atoms with Gasteiger partial charge in [0.2, 0.25) is 0 Å². The predicted molar refractivity (Wildman–Crippen MR) is 106 cm³/mol. The molecule has 152 valence electrons. The number of nitrogens with zero attached hydrogens (tertiary/aromatic N) is 1. The minimum atomic E-state index is -1.01. The fourth-order valence-electron chi connectivity index (χ4n) is 3.27. The van der Waals surface area contributed by atoms with E-state index in [-0.39, 0.29) is 13.2 Å². The summed E-state index contributed by atoms with van der Waals surface area (Å²) < 4.78 is 15.9. The molecular weight excluding hydrogens is 374 g/mol. The minimum Gasteiger partial charge on any atom is -0.457 e. The average molecular weight is 398 g/mol. The van der Waals surface area contributed by atoms with E-state index < -0.39 is 30.3 Å². The molecule has 0 unspecified atom stereocenters. The van der Waals surface area contributed by atoms with Crippen molar-refractivity contribution >= 4 is 17.8 Å². The molecule has 0 saturated carbocycles. The zero-order valence-corrected chi connectivity index (χ0v) is 16.4. The van der Waals surface area contributed by atoms with E-state index in [0.29, 0.717) is 5.78 Å². The Balaban J connectivity index is 1.79. The van der Waals surface area contributed by atoms with Crippen molar-refractivity contribution in [3.63, 3.8) is 0 Å². The zero-order chi connectivity index (χ0) is 20.8. The molecule has 1 heterocycles. The number of likely N-dealkylation sites (tertiary alicyclic amines) is 1. The normalized spacial score (nSPS) is 23.1. The zero-order valence-electron chi connectivity index (χ0n) is 16.4.